The smallest absolute Gasteiger partial charge is 0.123 e. The minimum Gasteiger partial charge on any atom is -0.494 e. The summed E-state index contributed by atoms with van der Waals surface area (Å²) in [6.07, 6.45) is 5.48. The van der Waals surface area contributed by atoms with Gasteiger partial charge in [-0.15, -0.1) is 0 Å². The largest absolute Gasteiger partial charge is 0.494 e. The van der Waals surface area contributed by atoms with Crippen molar-refractivity contribution in [3.63, 3.8) is 0 Å². The fourth-order valence-corrected chi connectivity index (χ4v) is 2.59. The Labute approximate surface area is 103 Å². The van der Waals surface area contributed by atoms with Gasteiger partial charge >= 0.3 is 0 Å². The molecule has 0 aliphatic heterocycles. The Balaban J connectivity index is 1.96. The molecule has 2 rings (SSSR count). The molecule has 0 amide bonds. The van der Waals surface area contributed by atoms with Gasteiger partial charge in [-0.1, -0.05) is 12.1 Å². The summed E-state index contributed by atoms with van der Waals surface area (Å²) in [5, 5.41) is 0. The number of aldehydes is 1. The number of benzene rings is 1. The van der Waals surface area contributed by atoms with Crippen molar-refractivity contribution < 1.29 is 9.53 Å². The Kier molecular flexibility index (Phi) is 4.18. The summed E-state index contributed by atoms with van der Waals surface area (Å²) >= 11 is 0. The van der Waals surface area contributed by atoms with Crippen LogP contribution in [0.1, 0.15) is 44.1 Å². The zero-order valence-electron chi connectivity index (χ0n) is 10.4. The molecule has 0 spiro atoms. The van der Waals surface area contributed by atoms with Crippen LogP contribution in [0.5, 0.6) is 5.75 Å². The Morgan fingerprint density at radius 3 is 2.35 bits per heavy atom. The standard InChI is InChI=1S/C15H20O2/c1-2-17-15-9-7-14(8-10-15)13-5-3-12(11-16)4-6-13/h7-13H,2-6H2,1H3. The van der Waals surface area contributed by atoms with Gasteiger partial charge in [-0.25, -0.2) is 0 Å². The summed E-state index contributed by atoms with van der Waals surface area (Å²) < 4.78 is 5.44. The van der Waals surface area contributed by atoms with Gasteiger partial charge in [0.2, 0.25) is 0 Å². The Morgan fingerprint density at radius 2 is 1.82 bits per heavy atom. The average molecular weight is 232 g/mol. The van der Waals surface area contributed by atoms with Crippen molar-refractivity contribution in [2.45, 2.75) is 38.5 Å². The number of carbonyl (C=O) groups is 1. The van der Waals surface area contributed by atoms with Crippen LogP contribution in [0.25, 0.3) is 0 Å². The third-order valence-corrected chi connectivity index (χ3v) is 3.63. The number of ether oxygens (including phenoxy) is 1. The highest BCUT2D eigenvalue weighted by atomic mass is 16.5. The van der Waals surface area contributed by atoms with E-state index in [4.69, 9.17) is 4.74 Å². The molecule has 1 aromatic carbocycles. The molecule has 17 heavy (non-hydrogen) atoms. The molecule has 1 aliphatic rings. The molecule has 1 aliphatic carbocycles. The lowest BCUT2D eigenvalue weighted by atomic mass is 9.79. The first-order valence-corrected chi connectivity index (χ1v) is 6.51. The second-order valence-corrected chi connectivity index (χ2v) is 4.75. The quantitative estimate of drug-likeness (QED) is 0.742. The van der Waals surface area contributed by atoms with Gasteiger partial charge in [0.05, 0.1) is 6.61 Å². The Bertz CT molecular complexity index is 348. The van der Waals surface area contributed by atoms with Gasteiger partial charge in [-0.05, 0) is 56.2 Å². The van der Waals surface area contributed by atoms with Crippen LogP contribution in [-0.4, -0.2) is 12.9 Å². The zero-order chi connectivity index (χ0) is 12.1. The Hall–Kier alpha value is -1.31. The maximum Gasteiger partial charge on any atom is 0.123 e. The Morgan fingerprint density at radius 1 is 1.18 bits per heavy atom. The predicted molar refractivity (Wildman–Crippen MR) is 68.4 cm³/mol. The summed E-state index contributed by atoms with van der Waals surface area (Å²) in [7, 11) is 0. The second kappa shape index (κ2) is 5.85. The number of carbonyl (C=O) groups excluding carboxylic acids is 1. The van der Waals surface area contributed by atoms with Crippen molar-refractivity contribution in [2.75, 3.05) is 6.61 Å². The minimum atomic E-state index is 0.300. The van der Waals surface area contributed by atoms with Gasteiger partial charge in [-0.2, -0.15) is 0 Å². The zero-order valence-corrected chi connectivity index (χ0v) is 10.4. The van der Waals surface area contributed by atoms with Crippen LogP contribution in [0.2, 0.25) is 0 Å². The first kappa shape index (κ1) is 12.2. The molecule has 1 saturated carbocycles. The van der Waals surface area contributed by atoms with Gasteiger partial charge < -0.3 is 9.53 Å². The molecule has 0 bridgehead atoms. The van der Waals surface area contributed by atoms with Gasteiger partial charge in [-0.3, -0.25) is 0 Å². The van der Waals surface area contributed by atoms with E-state index in [1.807, 2.05) is 19.1 Å². The van der Waals surface area contributed by atoms with Crippen LogP contribution in [0.15, 0.2) is 24.3 Å². The molecule has 2 nitrogen and oxygen atoms in total. The molecular weight excluding hydrogens is 212 g/mol. The molecule has 0 heterocycles. The van der Waals surface area contributed by atoms with Crippen molar-refractivity contribution in [2.24, 2.45) is 5.92 Å². The van der Waals surface area contributed by atoms with E-state index in [1.165, 1.54) is 5.56 Å². The van der Waals surface area contributed by atoms with E-state index in [0.29, 0.717) is 18.4 Å². The SMILES string of the molecule is CCOc1ccc(C2CCC(C=O)CC2)cc1. The normalized spacial score (nSPS) is 24.3. The van der Waals surface area contributed by atoms with Gasteiger partial charge in [0.25, 0.3) is 0 Å². The molecule has 1 aromatic rings. The van der Waals surface area contributed by atoms with Crippen molar-refractivity contribution in [3.05, 3.63) is 29.8 Å². The first-order valence-electron chi connectivity index (χ1n) is 6.51. The van der Waals surface area contributed by atoms with E-state index in [0.717, 1.165) is 37.7 Å². The maximum absolute atomic E-state index is 10.7. The summed E-state index contributed by atoms with van der Waals surface area (Å²) in [5.74, 6) is 1.87. The monoisotopic (exact) mass is 232 g/mol. The number of rotatable bonds is 4. The molecule has 92 valence electrons. The third kappa shape index (κ3) is 3.09. The van der Waals surface area contributed by atoms with E-state index in [9.17, 15) is 4.79 Å². The van der Waals surface area contributed by atoms with Gasteiger partial charge in [0, 0.05) is 5.92 Å². The summed E-state index contributed by atoms with van der Waals surface area (Å²) in [6.45, 7) is 2.71. The highest BCUT2D eigenvalue weighted by molar-refractivity contribution is 5.53. The number of hydrogen-bond donors (Lipinski definition) is 0. The molecular formula is C15H20O2. The van der Waals surface area contributed by atoms with Crippen molar-refractivity contribution in [1.82, 2.24) is 0 Å². The fraction of sp³-hybridized carbons (Fsp3) is 0.533. The van der Waals surface area contributed by atoms with Crippen LogP contribution >= 0.6 is 0 Å². The lowest BCUT2D eigenvalue weighted by Crippen LogP contribution is -2.14. The van der Waals surface area contributed by atoms with Crippen LogP contribution in [0.4, 0.5) is 0 Å². The van der Waals surface area contributed by atoms with Gasteiger partial charge in [0.1, 0.15) is 12.0 Å². The van der Waals surface area contributed by atoms with E-state index in [1.54, 1.807) is 0 Å². The van der Waals surface area contributed by atoms with Crippen LogP contribution in [0.3, 0.4) is 0 Å². The molecule has 0 aromatic heterocycles. The molecule has 1 fully saturated rings. The average Bonchev–Trinajstić information content (AvgIpc) is 2.40. The third-order valence-electron chi connectivity index (χ3n) is 3.63. The summed E-state index contributed by atoms with van der Waals surface area (Å²) in [6, 6.07) is 8.42. The van der Waals surface area contributed by atoms with Gasteiger partial charge in [0.15, 0.2) is 0 Å². The van der Waals surface area contributed by atoms with Crippen molar-refractivity contribution >= 4 is 6.29 Å². The fourth-order valence-electron chi connectivity index (χ4n) is 2.59. The minimum absolute atomic E-state index is 0.300. The summed E-state index contributed by atoms with van der Waals surface area (Å²) in [5.41, 5.74) is 1.39. The lowest BCUT2D eigenvalue weighted by molar-refractivity contribution is -0.111. The van der Waals surface area contributed by atoms with E-state index >= 15 is 0 Å². The van der Waals surface area contributed by atoms with E-state index < -0.39 is 0 Å². The second-order valence-electron chi connectivity index (χ2n) is 4.75. The lowest BCUT2D eigenvalue weighted by Gasteiger charge is -2.25. The molecule has 0 N–H and O–H groups in total. The van der Waals surface area contributed by atoms with Crippen molar-refractivity contribution in [1.29, 1.82) is 0 Å². The molecule has 0 saturated heterocycles. The van der Waals surface area contributed by atoms with E-state index in [2.05, 4.69) is 12.1 Å². The molecule has 0 unspecified atom stereocenters. The van der Waals surface area contributed by atoms with Crippen LogP contribution < -0.4 is 4.74 Å². The molecule has 0 atom stereocenters. The van der Waals surface area contributed by atoms with Crippen LogP contribution in [0, 0.1) is 5.92 Å². The van der Waals surface area contributed by atoms with E-state index in [-0.39, 0.29) is 0 Å². The summed E-state index contributed by atoms with van der Waals surface area (Å²) in [4.78, 5) is 10.7. The van der Waals surface area contributed by atoms with Crippen molar-refractivity contribution in [3.8, 4) is 5.75 Å². The highest BCUT2D eigenvalue weighted by Gasteiger charge is 2.21. The topological polar surface area (TPSA) is 26.3 Å². The maximum atomic E-state index is 10.7. The number of hydrogen-bond acceptors (Lipinski definition) is 2. The predicted octanol–water partition coefficient (Wildman–Crippen LogP) is 3.56. The first-order chi connectivity index (χ1) is 8.33. The van der Waals surface area contributed by atoms with Crippen LogP contribution in [-0.2, 0) is 4.79 Å². The highest BCUT2D eigenvalue weighted by Crippen LogP contribution is 2.35. The molecule has 0 radical (unpaired) electrons. The molecule has 2 heteroatoms.